The van der Waals surface area contributed by atoms with Gasteiger partial charge in [0.05, 0.1) is 0 Å². The molecule has 4 heteroatoms. The van der Waals surface area contributed by atoms with Crippen molar-refractivity contribution in [2.24, 2.45) is 16.5 Å². The van der Waals surface area contributed by atoms with E-state index in [0.29, 0.717) is 13.2 Å². The molecule has 0 saturated carbocycles. The van der Waals surface area contributed by atoms with Gasteiger partial charge in [0.25, 0.3) is 0 Å². The second-order valence-corrected chi connectivity index (χ2v) is 4.48. The first-order chi connectivity index (χ1) is 9.74. The molecule has 104 valence electrons. The number of nitrogens with zero attached hydrogens (tertiary/aromatic N) is 1. The lowest BCUT2D eigenvalue weighted by molar-refractivity contribution is 0.306. The Kier molecular flexibility index (Phi) is 5.00. The third kappa shape index (κ3) is 4.65. The van der Waals surface area contributed by atoms with Gasteiger partial charge in [0.15, 0.2) is 5.96 Å². The van der Waals surface area contributed by atoms with Gasteiger partial charge in [-0.2, -0.15) is 0 Å². The van der Waals surface area contributed by atoms with Crippen LogP contribution < -0.4 is 16.2 Å². The number of nitrogens with two attached hydrogens (primary N) is 2. The molecular formula is C16H19N3O. The molecule has 0 fully saturated rings. The van der Waals surface area contributed by atoms with Crippen LogP contribution >= 0.6 is 0 Å². The minimum Gasteiger partial charge on any atom is -0.489 e. The van der Waals surface area contributed by atoms with E-state index in [1.165, 1.54) is 0 Å². The molecule has 0 spiro atoms. The standard InChI is InChI=1S/C16H19N3O/c17-16(18)19-10-9-13-7-4-8-15(11-13)20-12-14-5-2-1-3-6-14/h1-8,11H,9-10,12H2,(H4,17,18,19). The molecule has 2 aromatic rings. The highest BCUT2D eigenvalue weighted by Gasteiger charge is 1.98. The number of hydrogen-bond donors (Lipinski definition) is 2. The summed E-state index contributed by atoms with van der Waals surface area (Å²) in [5.74, 6) is 0.984. The third-order valence-electron chi connectivity index (χ3n) is 2.84. The summed E-state index contributed by atoms with van der Waals surface area (Å²) in [7, 11) is 0. The minimum absolute atomic E-state index is 0.126. The van der Waals surface area contributed by atoms with Crippen LogP contribution in [-0.4, -0.2) is 12.5 Å². The Labute approximate surface area is 119 Å². The number of aliphatic imine (C=N–C) groups is 1. The Morgan fingerprint density at radius 2 is 1.70 bits per heavy atom. The van der Waals surface area contributed by atoms with Crippen LogP contribution in [0.4, 0.5) is 0 Å². The van der Waals surface area contributed by atoms with E-state index >= 15 is 0 Å². The zero-order chi connectivity index (χ0) is 14.2. The monoisotopic (exact) mass is 269 g/mol. The van der Waals surface area contributed by atoms with Crippen LogP contribution in [0.2, 0.25) is 0 Å². The first kappa shape index (κ1) is 13.9. The summed E-state index contributed by atoms with van der Waals surface area (Å²) < 4.78 is 5.77. The van der Waals surface area contributed by atoms with Crippen LogP contribution in [0.15, 0.2) is 59.6 Å². The first-order valence-corrected chi connectivity index (χ1v) is 6.55. The molecule has 2 rings (SSSR count). The highest BCUT2D eigenvalue weighted by Crippen LogP contribution is 2.15. The molecule has 20 heavy (non-hydrogen) atoms. The van der Waals surface area contributed by atoms with E-state index in [-0.39, 0.29) is 5.96 Å². The number of benzene rings is 2. The van der Waals surface area contributed by atoms with Gasteiger partial charge in [-0.15, -0.1) is 0 Å². The fourth-order valence-corrected chi connectivity index (χ4v) is 1.85. The van der Waals surface area contributed by atoms with E-state index in [4.69, 9.17) is 16.2 Å². The second-order valence-electron chi connectivity index (χ2n) is 4.48. The zero-order valence-corrected chi connectivity index (χ0v) is 11.3. The predicted octanol–water partition coefficient (Wildman–Crippen LogP) is 2.08. The van der Waals surface area contributed by atoms with Gasteiger partial charge < -0.3 is 16.2 Å². The van der Waals surface area contributed by atoms with Crippen LogP contribution in [0.5, 0.6) is 5.75 Å². The number of ether oxygens (including phenoxy) is 1. The molecule has 0 aliphatic rings. The molecule has 0 aliphatic carbocycles. The lowest BCUT2D eigenvalue weighted by Gasteiger charge is -2.07. The molecule has 0 heterocycles. The van der Waals surface area contributed by atoms with Gasteiger partial charge >= 0.3 is 0 Å². The molecule has 0 unspecified atom stereocenters. The van der Waals surface area contributed by atoms with Crippen LogP contribution in [0.25, 0.3) is 0 Å². The van der Waals surface area contributed by atoms with Crippen LogP contribution in [0.1, 0.15) is 11.1 Å². The fourth-order valence-electron chi connectivity index (χ4n) is 1.85. The van der Waals surface area contributed by atoms with Crippen molar-refractivity contribution in [3.05, 3.63) is 65.7 Å². The number of rotatable bonds is 6. The third-order valence-corrected chi connectivity index (χ3v) is 2.84. The van der Waals surface area contributed by atoms with Crippen molar-refractivity contribution >= 4 is 5.96 Å². The van der Waals surface area contributed by atoms with Gasteiger partial charge in [-0.3, -0.25) is 4.99 Å². The molecule has 0 amide bonds. The Morgan fingerprint density at radius 1 is 0.950 bits per heavy atom. The molecule has 4 nitrogen and oxygen atoms in total. The predicted molar refractivity (Wildman–Crippen MR) is 81.6 cm³/mol. The van der Waals surface area contributed by atoms with Crippen molar-refractivity contribution in [1.82, 2.24) is 0 Å². The maximum absolute atomic E-state index is 5.77. The Balaban J connectivity index is 1.91. The minimum atomic E-state index is 0.126. The second kappa shape index (κ2) is 7.19. The summed E-state index contributed by atoms with van der Waals surface area (Å²) in [6, 6.07) is 18.1. The normalized spacial score (nSPS) is 10.0. The molecule has 4 N–H and O–H groups in total. The van der Waals surface area contributed by atoms with Crippen molar-refractivity contribution in [2.45, 2.75) is 13.0 Å². The molecule has 0 aliphatic heterocycles. The Bertz CT molecular complexity index is 563. The van der Waals surface area contributed by atoms with E-state index in [9.17, 15) is 0 Å². The van der Waals surface area contributed by atoms with E-state index < -0.39 is 0 Å². The molecule has 0 atom stereocenters. The van der Waals surface area contributed by atoms with E-state index in [2.05, 4.69) is 4.99 Å². The molecule has 0 aromatic heterocycles. The Hall–Kier alpha value is -2.49. The quantitative estimate of drug-likeness (QED) is 0.623. The fraction of sp³-hybridized carbons (Fsp3) is 0.188. The highest BCUT2D eigenvalue weighted by atomic mass is 16.5. The van der Waals surface area contributed by atoms with Crippen LogP contribution in [0.3, 0.4) is 0 Å². The van der Waals surface area contributed by atoms with Crippen LogP contribution in [0, 0.1) is 0 Å². The Morgan fingerprint density at radius 3 is 2.45 bits per heavy atom. The zero-order valence-electron chi connectivity index (χ0n) is 11.3. The van der Waals surface area contributed by atoms with Crippen molar-refractivity contribution < 1.29 is 4.74 Å². The summed E-state index contributed by atoms with van der Waals surface area (Å²) >= 11 is 0. The smallest absolute Gasteiger partial charge is 0.185 e. The van der Waals surface area contributed by atoms with E-state index in [1.807, 2.05) is 54.6 Å². The number of guanidine groups is 1. The highest BCUT2D eigenvalue weighted by molar-refractivity contribution is 5.75. The molecule has 0 radical (unpaired) electrons. The SMILES string of the molecule is NC(N)=NCCc1cccc(OCc2ccccc2)c1. The number of hydrogen-bond acceptors (Lipinski definition) is 2. The van der Waals surface area contributed by atoms with Crippen molar-refractivity contribution in [3.8, 4) is 5.75 Å². The summed E-state index contributed by atoms with van der Waals surface area (Å²) in [5, 5.41) is 0. The lowest BCUT2D eigenvalue weighted by Crippen LogP contribution is -2.23. The van der Waals surface area contributed by atoms with Crippen molar-refractivity contribution in [3.63, 3.8) is 0 Å². The largest absolute Gasteiger partial charge is 0.489 e. The summed E-state index contributed by atoms with van der Waals surface area (Å²) in [6.45, 7) is 1.16. The lowest BCUT2D eigenvalue weighted by atomic mass is 10.1. The van der Waals surface area contributed by atoms with Gasteiger partial charge in [-0.25, -0.2) is 0 Å². The maximum Gasteiger partial charge on any atom is 0.185 e. The molecular weight excluding hydrogens is 250 g/mol. The average Bonchev–Trinajstić information content (AvgIpc) is 2.46. The van der Waals surface area contributed by atoms with Gasteiger partial charge in [0, 0.05) is 6.54 Å². The topological polar surface area (TPSA) is 73.6 Å². The van der Waals surface area contributed by atoms with E-state index in [0.717, 1.165) is 23.3 Å². The van der Waals surface area contributed by atoms with Gasteiger partial charge in [0.1, 0.15) is 12.4 Å². The first-order valence-electron chi connectivity index (χ1n) is 6.55. The summed E-state index contributed by atoms with van der Waals surface area (Å²) in [5.41, 5.74) is 12.9. The van der Waals surface area contributed by atoms with E-state index in [1.54, 1.807) is 0 Å². The van der Waals surface area contributed by atoms with Crippen molar-refractivity contribution in [1.29, 1.82) is 0 Å². The van der Waals surface area contributed by atoms with Gasteiger partial charge in [-0.1, -0.05) is 42.5 Å². The summed E-state index contributed by atoms with van der Waals surface area (Å²) in [6.07, 6.45) is 0.792. The molecule has 0 saturated heterocycles. The summed E-state index contributed by atoms with van der Waals surface area (Å²) in [4.78, 5) is 3.97. The van der Waals surface area contributed by atoms with Crippen LogP contribution in [-0.2, 0) is 13.0 Å². The van der Waals surface area contributed by atoms with Gasteiger partial charge in [-0.05, 0) is 29.7 Å². The molecule has 2 aromatic carbocycles. The average molecular weight is 269 g/mol. The molecule has 0 bridgehead atoms. The van der Waals surface area contributed by atoms with Crippen molar-refractivity contribution in [2.75, 3.05) is 6.54 Å². The maximum atomic E-state index is 5.77. The van der Waals surface area contributed by atoms with Gasteiger partial charge in [0.2, 0.25) is 0 Å².